The highest BCUT2D eigenvalue weighted by Gasteiger charge is 2.21. The maximum absolute atomic E-state index is 5.30. The molecule has 5 heteroatoms. The molecule has 0 spiro atoms. The first-order valence-corrected chi connectivity index (χ1v) is 19.0. The van der Waals surface area contributed by atoms with Gasteiger partial charge in [0.25, 0.3) is 0 Å². The minimum atomic E-state index is 0.601. The van der Waals surface area contributed by atoms with Gasteiger partial charge in [-0.2, -0.15) is 0 Å². The monoisotopic (exact) mass is 713 g/mol. The highest BCUT2D eigenvalue weighted by Crippen LogP contribution is 2.42. The Labute approximate surface area is 321 Å². The largest absolute Gasteiger partial charge is 0.309 e. The molecule has 0 aliphatic rings. The van der Waals surface area contributed by atoms with Gasteiger partial charge in [-0.1, -0.05) is 133 Å². The Hall–Kier alpha value is -7.63. The van der Waals surface area contributed by atoms with Crippen LogP contribution < -0.4 is 0 Å². The van der Waals surface area contributed by atoms with Gasteiger partial charge in [-0.05, 0) is 75.8 Å². The number of nitrogens with zero attached hydrogens (tertiary/aromatic N) is 5. The van der Waals surface area contributed by atoms with Gasteiger partial charge >= 0.3 is 0 Å². The van der Waals surface area contributed by atoms with E-state index in [1.807, 2.05) is 12.3 Å². The smallest absolute Gasteiger partial charge is 0.178 e. The molecule has 260 valence electrons. The number of hydrogen-bond acceptors (Lipinski definition) is 3. The number of hydrogen-bond donors (Lipinski definition) is 0. The summed E-state index contributed by atoms with van der Waals surface area (Å²) in [5, 5.41) is 10.5. The van der Waals surface area contributed by atoms with Crippen molar-refractivity contribution in [3.05, 3.63) is 188 Å². The Kier molecular flexibility index (Phi) is 6.56. The van der Waals surface area contributed by atoms with E-state index in [0.29, 0.717) is 5.82 Å². The minimum absolute atomic E-state index is 0.601. The Bertz CT molecular complexity index is 3490. The Morgan fingerprint density at radius 3 is 1.57 bits per heavy atom. The van der Waals surface area contributed by atoms with Crippen molar-refractivity contribution in [3.8, 4) is 34.2 Å². The topological polar surface area (TPSA) is 48.5 Å². The zero-order valence-electron chi connectivity index (χ0n) is 30.1. The fraction of sp³-hybridized carbons (Fsp3) is 0. The standard InChI is InChI=1S/C51H31N5/c1-2-13-32(14-3-1)33-25-27-34(28-26-33)55-43-22-10-8-19-39(43)48-45(55)29-30-46-49(48)40-20-9-11-23-44(40)56(46)47-24-12-21-42(53-47)51-52-31-41-37-17-5-4-15-35(37)36-16-6-7-18-38(36)50(41)54-51/h1-31H. The van der Waals surface area contributed by atoms with E-state index in [1.54, 1.807) is 0 Å². The third-order valence-electron chi connectivity index (χ3n) is 11.4. The predicted octanol–water partition coefficient (Wildman–Crippen LogP) is 12.9. The van der Waals surface area contributed by atoms with Crippen LogP contribution in [0.5, 0.6) is 0 Å². The molecule has 0 atom stereocenters. The summed E-state index contributed by atoms with van der Waals surface area (Å²) in [5.41, 5.74) is 9.74. The molecular formula is C51H31N5. The van der Waals surface area contributed by atoms with E-state index in [0.717, 1.165) is 49.9 Å². The van der Waals surface area contributed by atoms with Crippen LogP contribution in [0.25, 0.3) is 110 Å². The van der Waals surface area contributed by atoms with Crippen LogP contribution in [-0.2, 0) is 0 Å². The Balaban J connectivity index is 1.06. The van der Waals surface area contributed by atoms with Crippen molar-refractivity contribution in [2.45, 2.75) is 0 Å². The van der Waals surface area contributed by atoms with Gasteiger partial charge in [0.15, 0.2) is 5.82 Å². The second-order valence-electron chi connectivity index (χ2n) is 14.4. The van der Waals surface area contributed by atoms with E-state index in [9.17, 15) is 0 Å². The lowest BCUT2D eigenvalue weighted by atomic mass is 9.98. The summed E-state index contributed by atoms with van der Waals surface area (Å²) in [5.74, 6) is 1.42. The van der Waals surface area contributed by atoms with Gasteiger partial charge in [-0.15, -0.1) is 0 Å². The molecule has 4 heterocycles. The second kappa shape index (κ2) is 11.9. The van der Waals surface area contributed by atoms with Crippen LogP contribution in [0.1, 0.15) is 0 Å². The molecule has 0 saturated carbocycles. The molecule has 0 N–H and O–H groups in total. The van der Waals surface area contributed by atoms with E-state index in [-0.39, 0.29) is 0 Å². The van der Waals surface area contributed by atoms with Gasteiger partial charge in [0.1, 0.15) is 11.5 Å². The van der Waals surface area contributed by atoms with Crippen LogP contribution >= 0.6 is 0 Å². The molecule has 5 nitrogen and oxygen atoms in total. The molecule has 0 fully saturated rings. The van der Waals surface area contributed by atoms with Gasteiger partial charge in [0, 0.05) is 44.2 Å². The summed E-state index contributed by atoms with van der Waals surface area (Å²) < 4.78 is 4.69. The Morgan fingerprint density at radius 2 is 0.875 bits per heavy atom. The molecule has 0 bridgehead atoms. The summed E-state index contributed by atoms with van der Waals surface area (Å²) in [6, 6.07) is 64.6. The lowest BCUT2D eigenvalue weighted by Crippen LogP contribution is -2.00. The molecule has 8 aromatic carbocycles. The van der Waals surface area contributed by atoms with Gasteiger partial charge < -0.3 is 4.57 Å². The zero-order chi connectivity index (χ0) is 36.7. The van der Waals surface area contributed by atoms with Gasteiger partial charge in [0.2, 0.25) is 0 Å². The van der Waals surface area contributed by atoms with Crippen LogP contribution in [0.4, 0.5) is 0 Å². The first kappa shape index (κ1) is 30.8. The van der Waals surface area contributed by atoms with E-state index in [4.69, 9.17) is 15.0 Å². The third kappa shape index (κ3) is 4.46. The SMILES string of the molecule is c1ccc(-c2ccc(-n3c4ccccc4c4c5c6ccccc6n(-c6cccc(-c7ncc8c9ccccc9c9ccccc9c8n7)n6)c5ccc43)cc2)cc1. The summed E-state index contributed by atoms with van der Waals surface area (Å²) in [6.07, 6.45) is 1.96. The van der Waals surface area contributed by atoms with Crippen molar-refractivity contribution in [2.24, 2.45) is 0 Å². The van der Waals surface area contributed by atoms with Crippen molar-refractivity contribution in [2.75, 3.05) is 0 Å². The molecule has 0 radical (unpaired) electrons. The highest BCUT2D eigenvalue weighted by molar-refractivity contribution is 6.29. The van der Waals surface area contributed by atoms with Gasteiger partial charge in [-0.25, -0.2) is 15.0 Å². The number of rotatable bonds is 4. The van der Waals surface area contributed by atoms with Crippen LogP contribution in [-0.4, -0.2) is 24.1 Å². The molecule has 0 aliphatic carbocycles. The first-order chi connectivity index (χ1) is 27.8. The molecule has 56 heavy (non-hydrogen) atoms. The van der Waals surface area contributed by atoms with Crippen molar-refractivity contribution in [3.63, 3.8) is 0 Å². The van der Waals surface area contributed by atoms with Gasteiger partial charge in [0.05, 0.1) is 27.6 Å². The first-order valence-electron chi connectivity index (χ1n) is 19.0. The number of benzene rings is 8. The highest BCUT2D eigenvalue weighted by atomic mass is 15.1. The third-order valence-corrected chi connectivity index (χ3v) is 11.4. The quantitative estimate of drug-likeness (QED) is 0.171. The number of para-hydroxylation sites is 2. The van der Waals surface area contributed by atoms with E-state index in [1.165, 1.54) is 54.5 Å². The van der Waals surface area contributed by atoms with Crippen molar-refractivity contribution in [1.29, 1.82) is 0 Å². The minimum Gasteiger partial charge on any atom is -0.309 e. The molecule has 12 rings (SSSR count). The average Bonchev–Trinajstić information content (AvgIpc) is 3.80. The summed E-state index contributed by atoms with van der Waals surface area (Å²) in [6.45, 7) is 0. The molecule has 12 aromatic rings. The van der Waals surface area contributed by atoms with E-state index in [2.05, 4.69) is 185 Å². The Morgan fingerprint density at radius 1 is 0.339 bits per heavy atom. The fourth-order valence-electron chi connectivity index (χ4n) is 8.93. The lowest BCUT2D eigenvalue weighted by Gasteiger charge is -2.11. The average molecular weight is 714 g/mol. The maximum atomic E-state index is 5.30. The maximum Gasteiger partial charge on any atom is 0.178 e. The summed E-state index contributed by atoms with van der Waals surface area (Å²) in [4.78, 5) is 15.4. The van der Waals surface area contributed by atoms with Gasteiger partial charge in [-0.3, -0.25) is 4.57 Å². The number of fused-ring (bicyclic) bond motifs is 13. The summed E-state index contributed by atoms with van der Waals surface area (Å²) in [7, 11) is 0. The molecule has 0 amide bonds. The normalized spacial score (nSPS) is 11.9. The van der Waals surface area contributed by atoms with Crippen LogP contribution in [0.2, 0.25) is 0 Å². The van der Waals surface area contributed by atoms with Crippen LogP contribution in [0, 0.1) is 0 Å². The van der Waals surface area contributed by atoms with Crippen LogP contribution in [0.15, 0.2) is 188 Å². The van der Waals surface area contributed by atoms with Crippen molar-refractivity contribution >= 4 is 76.1 Å². The number of pyridine rings is 1. The van der Waals surface area contributed by atoms with Crippen LogP contribution in [0.3, 0.4) is 0 Å². The van der Waals surface area contributed by atoms with E-state index < -0.39 is 0 Å². The lowest BCUT2D eigenvalue weighted by molar-refractivity contribution is 1.07. The van der Waals surface area contributed by atoms with E-state index >= 15 is 0 Å². The summed E-state index contributed by atoms with van der Waals surface area (Å²) >= 11 is 0. The second-order valence-corrected chi connectivity index (χ2v) is 14.4. The zero-order valence-corrected chi connectivity index (χ0v) is 30.1. The molecule has 0 saturated heterocycles. The molecular weight excluding hydrogens is 683 g/mol. The predicted molar refractivity (Wildman–Crippen MR) is 232 cm³/mol. The fourth-order valence-corrected chi connectivity index (χ4v) is 8.93. The molecule has 4 aromatic heterocycles. The molecule has 0 unspecified atom stereocenters. The molecule has 0 aliphatic heterocycles. The van der Waals surface area contributed by atoms with Crippen molar-refractivity contribution < 1.29 is 0 Å². The number of aromatic nitrogens is 5. The van der Waals surface area contributed by atoms with Crippen molar-refractivity contribution in [1.82, 2.24) is 24.1 Å².